The van der Waals surface area contributed by atoms with Crippen molar-refractivity contribution in [2.45, 2.75) is 142 Å². The molecule has 1 amide bonds. The molecule has 0 aliphatic carbocycles. The minimum Gasteiger partial charge on any atom is -0.756 e. The number of aliphatic hydroxyl groups excluding tert-OH is 1. The fourth-order valence-electron chi connectivity index (χ4n) is 4.79. The van der Waals surface area contributed by atoms with Crippen LogP contribution in [0.15, 0.2) is 72.9 Å². The molecule has 3 unspecified atom stereocenters. The normalized spacial score (nSPS) is 15.4. The molecule has 3 atom stereocenters. The predicted octanol–water partition coefficient (Wildman–Crippen LogP) is 9.44. The molecule has 0 radical (unpaired) electrons. The molecule has 8 nitrogen and oxygen atoms in total. The number of quaternary nitrogens is 1. The second-order valence-corrected chi connectivity index (χ2v) is 15.3. The lowest BCUT2D eigenvalue weighted by atomic mass is 10.1. The number of rotatable bonds is 33. The first-order chi connectivity index (χ1) is 24.0. The molecule has 0 aliphatic heterocycles. The number of nitrogens with zero attached hydrogens (tertiary/aromatic N) is 1. The van der Waals surface area contributed by atoms with Gasteiger partial charge in [0.2, 0.25) is 5.91 Å². The van der Waals surface area contributed by atoms with Gasteiger partial charge in [0.25, 0.3) is 7.82 Å². The number of allylic oxidation sites excluding steroid dienone is 11. The number of carbonyl (C=O) groups excluding carboxylic acids is 1. The van der Waals surface area contributed by atoms with E-state index in [1.807, 2.05) is 27.2 Å². The Balaban J connectivity index is 4.56. The number of phosphoric acid groups is 1. The Labute approximate surface area is 306 Å². The third-order valence-corrected chi connectivity index (χ3v) is 8.82. The van der Waals surface area contributed by atoms with Crippen LogP contribution < -0.4 is 10.2 Å². The van der Waals surface area contributed by atoms with Crippen LogP contribution in [0.25, 0.3) is 0 Å². The lowest BCUT2D eigenvalue weighted by Crippen LogP contribution is -2.45. The monoisotopic (exact) mass is 721 g/mol. The highest BCUT2D eigenvalue weighted by Crippen LogP contribution is 2.38. The van der Waals surface area contributed by atoms with Crippen molar-refractivity contribution in [2.24, 2.45) is 0 Å². The van der Waals surface area contributed by atoms with Gasteiger partial charge in [-0.2, -0.15) is 0 Å². The molecule has 0 spiro atoms. The van der Waals surface area contributed by atoms with E-state index in [-0.39, 0.29) is 12.5 Å². The van der Waals surface area contributed by atoms with Gasteiger partial charge in [0.05, 0.1) is 39.9 Å². The Kier molecular flexibility index (Phi) is 31.5. The van der Waals surface area contributed by atoms with E-state index in [4.69, 9.17) is 9.05 Å². The molecule has 0 saturated heterocycles. The maximum Gasteiger partial charge on any atom is 0.268 e. The topological polar surface area (TPSA) is 108 Å². The Morgan fingerprint density at radius 2 is 1.24 bits per heavy atom. The van der Waals surface area contributed by atoms with E-state index in [9.17, 15) is 19.4 Å². The first-order valence-electron chi connectivity index (χ1n) is 19.3. The molecule has 0 fully saturated rings. The van der Waals surface area contributed by atoms with Crippen LogP contribution in [0, 0.1) is 0 Å². The fraction of sp³-hybridized carbons (Fsp3) is 0.683. The highest BCUT2D eigenvalue weighted by atomic mass is 31.2. The van der Waals surface area contributed by atoms with Crippen molar-refractivity contribution in [3.05, 3.63) is 72.9 Å². The van der Waals surface area contributed by atoms with Gasteiger partial charge in [-0.3, -0.25) is 9.36 Å². The Hall–Kier alpha value is -2.06. The third kappa shape index (κ3) is 34.4. The zero-order valence-electron chi connectivity index (χ0n) is 32.3. The summed E-state index contributed by atoms with van der Waals surface area (Å²) in [6.07, 6.45) is 42.4. The molecule has 50 heavy (non-hydrogen) atoms. The summed E-state index contributed by atoms with van der Waals surface area (Å²) >= 11 is 0. The van der Waals surface area contributed by atoms with Gasteiger partial charge in [-0.05, 0) is 70.6 Å². The minimum absolute atomic E-state index is 0.0151. The van der Waals surface area contributed by atoms with Crippen LogP contribution in [-0.4, -0.2) is 68.5 Å². The van der Waals surface area contributed by atoms with E-state index in [1.54, 1.807) is 6.08 Å². The van der Waals surface area contributed by atoms with Crippen LogP contribution in [0.4, 0.5) is 0 Å². The van der Waals surface area contributed by atoms with Gasteiger partial charge in [-0.25, -0.2) is 0 Å². The highest BCUT2D eigenvalue weighted by Gasteiger charge is 2.23. The van der Waals surface area contributed by atoms with E-state index in [0.29, 0.717) is 17.4 Å². The van der Waals surface area contributed by atoms with E-state index in [2.05, 4.69) is 79.9 Å². The van der Waals surface area contributed by atoms with E-state index < -0.39 is 26.6 Å². The Morgan fingerprint density at radius 3 is 1.84 bits per heavy atom. The van der Waals surface area contributed by atoms with Gasteiger partial charge in [0.15, 0.2) is 0 Å². The summed E-state index contributed by atoms with van der Waals surface area (Å²) in [6.45, 7) is 4.38. The largest absolute Gasteiger partial charge is 0.756 e. The summed E-state index contributed by atoms with van der Waals surface area (Å²) in [7, 11) is 1.21. The van der Waals surface area contributed by atoms with Crippen LogP contribution in [0.3, 0.4) is 0 Å². The maximum absolute atomic E-state index is 12.8. The van der Waals surface area contributed by atoms with Gasteiger partial charge >= 0.3 is 0 Å². The molecule has 0 heterocycles. The second kappa shape index (κ2) is 32.8. The average molecular weight is 721 g/mol. The summed E-state index contributed by atoms with van der Waals surface area (Å²) in [4.78, 5) is 25.2. The van der Waals surface area contributed by atoms with Crippen molar-refractivity contribution in [1.82, 2.24) is 5.32 Å². The molecule has 0 bridgehead atoms. The zero-order valence-corrected chi connectivity index (χ0v) is 33.2. The van der Waals surface area contributed by atoms with Crippen LogP contribution >= 0.6 is 7.82 Å². The maximum atomic E-state index is 12.8. The van der Waals surface area contributed by atoms with Crippen molar-refractivity contribution < 1.29 is 32.9 Å². The molecule has 0 aromatic rings. The van der Waals surface area contributed by atoms with Gasteiger partial charge in [0, 0.05) is 6.42 Å². The summed E-state index contributed by atoms with van der Waals surface area (Å²) in [6, 6.07) is -0.915. The van der Waals surface area contributed by atoms with Crippen LogP contribution in [0.1, 0.15) is 129 Å². The number of amides is 1. The lowest BCUT2D eigenvalue weighted by Gasteiger charge is -2.29. The van der Waals surface area contributed by atoms with Gasteiger partial charge < -0.3 is 28.8 Å². The summed E-state index contributed by atoms with van der Waals surface area (Å²) < 4.78 is 23.0. The average Bonchev–Trinajstić information content (AvgIpc) is 3.06. The number of hydrogen-bond acceptors (Lipinski definition) is 6. The van der Waals surface area contributed by atoms with Crippen molar-refractivity contribution in [1.29, 1.82) is 0 Å². The molecule has 0 saturated carbocycles. The molecule has 0 aromatic heterocycles. The number of likely N-dealkylation sites (N-methyl/N-ethyl adjacent to an activating group) is 1. The second-order valence-electron chi connectivity index (χ2n) is 13.9. The minimum atomic E-state index is -4.60. The number of unbranched alkanes of at least 4 members (excludes halogenated alkanes) is 10. The molecular formula is C41H73N2O6P. The van der Waals surface area contributed by atoms with Gasteiger partial charge in [-0.1, -0.05) is 125 Å². The summed E-state index contributed by atoms with van der Waals surface area (Å²) in [5.41, 5.74) is 0. The van der Waals surface area contributed by atoms with Crippen molar-refractivity contribution in [2.75, 3.05) is 40.9 Å². The quantitative estimate of drug-likeness (QED) is 0.0303. The first-order valence-corrected chi connectivity index (χ1v) is 20.8. The van der Waals surface area contributed by atoms with Crippen molar-refractivity contribution in [3.63, 3.8) is 0 Å². The zero-order chi connectivity index (χ0) is 37.2. The number of hydrogen-bond donors (Lipinski definition) is 2. The van der Waals surface area contributed by atoms with Crippen molar-refractivity contribution in [3.8, 4) is 0 Å². The molecular weight excluding hydrogens is 647 g/mol. The Bertz CT molecular complexity index is 1040. The molecule has 0 rings (SSSR count). The van der Waals surface area contributed by atoms with Crippen LogP contribution in [-0.2, 0) is 18.4 Å². The standard InChI is InChI=1S/C41H73N2O6P/c1-6-8-10-12-14-16-18-19-20-21-22-23-25-27-29-31-33-35-41(45)42-39(38-49-50(46,47)48-37-36-43(3,4)5)40(44)34-32-30-28-26-24-17-15-13-11-9-7-2/h8,10-11,13-14,16,19-20,24,26,32,34,39-40,44H,6-7,9,12,15,17-18,21-23,25,27-31,33,35-38H2,1-5H3,(H-,42,45,46,47)/b10-8-,13-11+,16-14-,20-19-,26-24+,34-32+. The van der Waals surface area contributed by atoms with Crippen LogP contribution in [0.5, 0.6) is 0 Å². The number of phosphoric ester groups is 1. The van der Waals surface area contributed by atoms with Gasteiger partial charge in [-0.15, -0.1) is 0 Å². The predicted molar refractivity (Wildman–Crippen MR) is 210 cm³/mol. The number of nitrogens with one attached hydrogen (secondary N) is 1. The SMILES string of the molecule is CC/C=C\C/C=C\C/C=C\CCCCCCCCCC(=O)NC(COP(=O)([O-])OCC[N+](C)(C)C)C(O)/C=C/CC/C=C/CC/C=C/CCC. The van der Waals surface area contributed by atoms with E-state index >= 15 is 0 Å². The molecule has 2 N–H and O–H groups in total. The summed E-state index contributed by atoms with van der Waals surface area (Å²) in [5.74, 6) is -0.229. The molecule has 288 valence electrons. The van der Waals surface area contributed by atoms with Crippen LogP contribution in [0.2, 0.25) is 0 Å². The number of aliphatic hydroxyl groups is 1. The van der Waals surface area contributed by atoms with E-state index in [1.165, 1.54) is 19.3 Å². The molecule has 9 heteroatoms. The van der Waals surface area contributed by atoms with E-state index in [0.717, 1.165) is 89.9 Å². The third-order valence-electron chi connectivity index (χ3n) is 7.86. The smallest absolute Gasteiger partial charge is 0.268 e. The molecule has 0 aromatic carbocycles. The Morgan fingerprint density at radius 1 is 0.720 bits per heavy atom. The number of carbonyl (C=O) groups is 1. The fourth-order valence-corrected chi connectivity index (χ4v) is 5.51. The molecule has 0 aliphatic rings. The lowest BCUT2D eigenvalue weighted by molar-refractivity contribution is -0.870. The van der Waals surface area contributed by atoms with Crippen molar-refractivity contribution >= 4 is 13.7 Å². The van der Waals surface area contributed by atoms with Gasteiger partial charge in [0.1, 0.15) is 13.2 Å². The summed E-state index contributed by atoms with van der Waals surface area (Å²) in [5, 5.41) is 13.6. The first kappa shape index (κ1) is 47.9. The highest BCUT2D eigenvalue weighted by molar-refractivity contribution is 7.45.